The van der Waals surface area contributed by atoms with Crippen molar-refractivity contribution < 1.29 is 0 Å². The van der Waals surface area contributed by atoms with Gasteiger partial charge in [0.1, 0.15) is 0 Å². The van der Waals surface area contributed by atoms with Gasteiger partial charge in [0.05, 0.1) is 0 Å². The van der Waals surface area contributed by atoms with Crippen molar-refractivity contribution >= 4 is 37.2 Å². The van der Waals surface area contributed by atoms with Crippen LogP contribution < -0.4 is 0 Å². The van der Waals surface area contributed by atoms with Gasteiger partial charge in [-0.3, -0.25) is 0 Å². The van der Waals surface area contributed by atoms with Crippen molar-refractivity contribution in [3.63, 3.8) is 0 Å². The Morgan fingerprint density at radius 1 is 0.625 bits per heavy atom. The van der Waals surface area contributed by atoms with Gasteiger partial charge < -0.3 is 0 Å². The fourth-order valence-corrected chi connectivity index (χ4v) is 9.59. The van der Waals surface area contributed by atoms with Crippen LogP contribution in [0, 0.1) is 65.1 Å². The Morgan fingerprint density at radius 3 is 1.88 bits per heavy atom. The molecule has 0 aromatic carbocycles. The molecular weight excluding hydrogens is 614 g/mol. The van der Waals surface area contributed by atoms with Crippen LogP contribution in [-0.2, 0) is 0 Å². The first-order valence-corrected chi connectivity index (χ1v) is 20.6. The number of halogens is 2. The maximum absolute atomic E-state index is 2.58. The Hall–Kier alpha value is 0.940. The molecule has 0 spiro atoms. The fourth-order valence-electron chi connectivity index (χ4n) is 9.59. The van der Waals surface area contributed by atoms with Crippen LogP contribution in [0.3, 0.4) is 0 Å². The molecule has 0 radical (unpaired) electrons. The molecule has 7 rings (SSSR count). The molecule has 4 bridgehead atoms. The van der Waals surface area contributed by atoms with E-state index in [-0.39, 0.29) is 0 Å². The molecular formula is C30H50I2. The van der Waals surface area contributed by atoms with E-state index >= 15 is 0 Å². The molecule has 0 aromatic rings. The van der Waals surface area contributed by atoms with E-state index in [1.165, 1.54) is 25.7 Å². The topological polar surface area (TPSA) is 0 Å². The zero-order chi connectivity index (χ0) is 23.3. The molecule has 5 fully saturated rings. The minimum absolute atomic E-state index is 0.977. The van der Waals surface area contributed by atoms with Gasteiger partial charge >= 0.3 is 0 Å². The average molecular weight is 665 g/mol. The second-order valence-corrected chi connectivity index (χ2v) is 11.1. The highest BCUT2D eigenvalue weighted by Crippen LogP contribution is 2.63. The van der Waals surface area contributed by atoms with Gasteiger partial charge in [0.15, 0.2) is 0 Å². The highest BCUT2D eigenvalue weighted by atomic mass is 128. The molecule has 7 aliphatic rings. The average Bonchev–Trinajstić information content (AvgIpc) is 3.70. The summed E-state index contributed by atoms with van der Waals surface area (Å²) in [5.41, 5.74) is 0. The highest BCUT2D eigenvalue weighted by Gasteiger charge is 2.55. The van der Waals surface area contributed by atoms with Gasteiger partial charge in [-0.15, -0.1) is 0 Å². The molecule has 11 unspecified atom stereocenters. The molecule has 11 atom stereocenters. The summed E-state index contributed by atoms with van der Waals surface area (Å²) in [5.74, 6) is 12.0. The molecule has 32 heavy (non-hydrogen) atoms. The minimum Gasteiger partial charge on any atom is -0.0879 e. The summed E-state index contributed by atoms with van der Waals surface area (Å²) in [6, 6.07) is 0. The Bertz CT molecular complexity index is 610. The van der Waals surface area contributed by atoms with E-state index in [0.29, 0.717) is 0 Å². The van der Waals surface area contributed by atoms with Crippen LogP contribution in [0.15, 0.2) is 24.3 Å². The molecule has 184 valence electrons. The highest BCUT2D eigenvalue weighted by molar-refractivity contribution is 15.0. The fraction of sp³-hybridized carbons (Fsp3) is 0.867. The largest absolute Gasteiger partial charge is 0.0879 e. The number of hydrogen-bond acceptors (Lipinski definition) is 0. The lowest BCUT2D eigenvalue weighted by atomic mass is 9.58. The molecule has 0 N–H and O–H groups in total. The lowest BCUT2D eigenvalue weighted by Crippen LogP contribution is -2.40. The van der Waals surface area contributed by atoms with Gasteiger partial charge in [0, 0.05) is 37.2 Å². The molecule has 0 aliphatic heterocycles. The zero-order valence-corrected chi connectivity index (χ0v) is 25.8. The van der Waals surface area contributed by atoms with Gasteiger partial charge in [-0.1, -0.05) is 65.3 Å². The third-order valence-electron chi connectivity index (χ3n) is 10.5. The first-order chi connectivity index (χ1) is 15.8. The number of allylic oxidation sites excluding steroid dienone is 4. The first kappa shape index (κ1) is 27.5. The quantitative estimate of drug-likeness (QED) is 0.193. The monoisotopic (exact) mass is 664 g/mol. The van der Waals surface area contributed by atoms with Crippen LogP contribution in [0.25, 0.3) is 0 Å². The van der Waals surface area contributed by atoms with Crippen LogP contribution in [0.5, 0.6) is 0 Å². The standard InChI is InChI=1S/C16H24.C10H14.2C2H6.I2/c1-2-13-14-5-3-4-10(14)9-15-11-6-7-12(8-11)16(13)15;1-2-9-7-4-5-8(6-7)10(9)3-1;3*1-2/h3,5,10-16H,2,4,6-9H2,1H3;1-2,7-10H,3-6H2;2*1-2H3;. The van der Waals surface area contributed by atoms with E-state index in [1.807, 2.05) is 27.7 Å². The third kappa shape index (κ3) is 5.21. The third-order valence-corrected chi connectivity index (χ3v) is 10.5. The lowest BCUT2D eigenvalue weighted by Gasteiger charge is -2.47. The van der Waals surface area contributed by atoms with Crippen molar-refractivity contribution in [1.29, 1.82) is 0 Å². The summed E-state index contributed by atoms with van der Waals surface area (Å²) < 4.78 is 0. The van der Waals surface area contributed by atoms with Crippen molar-refractivity contribution in [2.24, 2.45) is 65.1 Å². The SMILES string of the molecule is C1=CC2C3CCC(C3)C2C1.CC.CC.CCC1C2C=CCC2CC2C3CCC(C3)C21.II. The molecule has 5 saturated carbocycles. The Kier molecular flexibility index (Phi) is 11.4. The van der Waals surface area contributed by atoms with Crippen LogP contribution in [-0.4, -0.2) is 0 Å². The van der Waals surface area contributed by atoms with Gasteiger partial charge in [-0.2, -0.15) is 0 Å². The molecule has 2 heteroatoms. The van der Waals surface area contributed by atoms with Crippen LogP contribution in [0.2, 0.25) is 0 Å². The number of rotatable bonds is 1. The summed E-state index contributed by atoms with van der Waals surface area (Å²) in [4.78, 5) is 0. The first-order valence-electron chi connectivity index (χ1n) is 14.3. The normalized spacial score (nSPS) is 46.9. The van der Waals surface area contributed by atoms with Crippen molar-refractivity contribution in [2.45, 2.75) is 98.8 Å². The Labute approximate surface area is 223 Å². The summed E-state index contributed by atoms with van der Waals surface area (Å²) >= 11 is 4.24. The van der Waals surface area contributed by atoms with Crippen molar-refractivity contribution in [3.8, 4) is 0 Å². The maximum atomic E-state index is 2.58. The van der Waals surface area contributed by atoms with Gasteiger partial charge in [0.25, 0.3) is 0 Å². The van der Waals surface area contributed by atoms with Gasteiger partial charge in [0.2, 0.25) is 0 Å². The maximum Gasteiger partial charge on any atom is 0 e. The van der Waals surface area contributed by atoms with Gasteiger partial charge in [-0.05, 0) is 123 Å². The summed E-state index contributed by atoms with van der Waals surface area (Å²) in [6.45, 7) is 10.4. The predicted octanol–water partition coefficient (Wildman–Crippen LogP) is 10.7. The van der Waals surface area contributed by atoms with Crippen molar-refractivity contribution in [3.05, 3.63) is 24.3 Å². The van der Waals surface area contributed by atoms with Crippen molar-refractivity contribution in [1.82, 2.24) is 0 Å². The second-order valence-electron chi connectivity index (χ2n) is 11.1. The minimum atomic E-state index is 0.977. The summed E-state index contributed by atoms with van der Waals surface area (Å²) in [7, 11) is 0. The Morgan fingerprint density at radius 2 is 1.19 bits per heavy atom. The van der Waals surface area contributed by atoms with Gasteiger partial charge in [-0.25, -0.2) is 0 Å². The Balaban J connectivity index is 0.000000156. The van der Waals surface area contributed by atoms with Crippen LogP contribution in [0.4, 0.5) is 0 Å². The van der Waals surface area contributed by atoms with E-state index in [1.54, 1.807) is 38.5 Å². The van der Waals surface area contributed by atoms with E-state index in [2.05, 4.69) is 68.5 Å². The number of fused-ring (bicyclic) bond motifs is 11. The predicted molar refractivity (Wildman–Crippen MR) is 159 cm³/mol. The molecule has 0 amide bonds. The van der Waals surface area contributed by atoms with Crippen LogP contribution >= 0.6 is 37.2 Å². The summed E-state index contributed by atoms with van der Waals surface area (Å²) in [6.07, 6.45) is 25.2. The molecule has 0 saturated heterocycles. The van der Waals surface area contributed by atoms with E-state index in [9.17, 15) is 0 Å². The van der Waals surface area contributed by atoms with E-state index < -0.39 is 0 Å². The number of hydrogen-bond donors (Lipinski definition) is 0. The molecule has 0 nitrogen and oxygen atoms in total. The van der Waals surface area contributed by atoms with E-state index in [4.69, 9.17) is 0 Å². The smallest absolute Gasteiger partial charge is 0 e. The second kappa shape index (κ2) is 13.3. The lowest BCUT2D eigenvalue weighted by molar-refractivity contribution is 0.0280. The molecule has 0 heterocycles. The van der Waals surface area contributed by atoms with Crippen LogP contribution in [0.1, 0.15) is 98.8 Å². The molecule has 7 aliphatic carbocycles. The van der Waals surface area contributed by atoms with Crippen molar-refractivity contribution in [2.75, 3.05) is 0 Å². The summed E-state index contributed by atoms with van der Waals surface area (Å²) in [5, 5.41) is 0. The van der Waals surface area contributed by atoms with E-state index in [0.717, 1.165) is 65.1 Å². The zero-order valence-electron chi connectivity index (χ0n) is 21.5. The molecule has 0 aromatic heterocycles.